The molecule has 2 aromatic carbocycles. The van der Waals surface area contributed by atoms with Crippen molar-refractivity contribution in [1.29, 1.82) is 0 Å². The Balaban J connectivity index is 2.37. The fourth-order valence-corrected chi connectivity index (χ4v) is 2.18. The molecule has 3 N–H and O–H groups in total. The number of hydrogen-bond donors (Lipinski definition) is 2. The van der Waals surface area contributed by atoms with Crippen LogP contribution in [-0.4, -0.2) is 4.99 Å². The number of halogens is 2. The fraction of sp³-hybridized carbons (Fsp3) is 0. The molecule has 0 heterocycles. The van der Waals surface area contributed by atoms with E-state index in [1.807, 2.05) is 24.3 Å². The molecular formula is C13H10Cl2N2S. The third kappa shape index (κ3) is 2.93. The van der Waals surface area contributed by atoms with Gasteiger partial charge in [0, 0.05) is 16.3 Å². The van der Waals surface area contributed by atoms with Gasteiger partial charge in [-0.1, -0.05) is 47.6 Å². The number of benzene rings is 2. The minimum absolute atomic E-state index is 0.336. The quantitative estimate of drug-likeness (QED) is 0.826. The van der Waals surface area contributed by atoms with Gasteiger partial charge in [-0.15, -0.1) is 0 Å². The Hall–Kier alpha value is -1.29. The molecule has 92 valence electrons. The minimum atomic E-state index is 0.336. The Morgan fingerprint density at radius 2 is 1.78 bits per heavy atom. The van der Waals surface area contributed by atoms with Crippen LogP contribution >= 0.6 is 35.4 Å². The summed E-state index contributed by atoms with van der Waals surface area (Å²) in [5, 5.41) is 4.32. The van der Waals surface area contributed by atoms with Gasteiger partial charge in [0.1, 0.15) is 4.99 Å². The Labute approximate surface area is 121 Å². The second-order valence-electron chi connectivity index (χ2n) is 3.66. The maximum atomic E-state index is 6.10. The van der Waals surface area contributed by atoms with E-state index in [4.69, 9.17) is 41.2 Å². The molecule has 0 saturated heterocycles. The molecule has 0 saturated carbocycles. The summed E-state index contributed by atoms with van der Waals surface area (Å²) in [4.78, 5) is 0.336. The van der Waals surface area contributed by atoms with E-state index < -0.39 is 0 Å². The highest BCUT2D eigenvalue weighted by molar-refractivity contribution is 7.80. The third-order valence-electron chi connectivity index (χ3n) is 2.39. The van der Waals surface area contributed by atoms with E-state index in [0.717, 1.165) is 16.9 Å². The summed E-state index contributed by atoms with van der Waals surface area (Å²) in [6.07, 6.45) is 0. The van der Waals surface area contributed by atoms with Crippen molar-refractivity contribution in [3.05, 3.63) is 58.1 Å². The lowest BCUT2D eigenvalue weighted by Crippen LogP contribution is -2.11. The standard InChI is InChI=1S/C13H10Cl2N2S/c14-8-5-6-12(10(15)7-8)17-11-4-2-1-3-9(11)13(16)18/h1-7,17H,(H2,16,18). The lowest BCUT2D eigenvalue weighted by atomic mass is 10.1. The summed E-state index contributed by atoms with van der Waals surface area (Å²) >= 11 is 17.0. The molecule has 0 spiro atoms. The fourth-order valence-electron chi connectivity index (χ4n) is 1.54. The molecule has 2 nitrogen and oxygen atoms in total. The van der Waals surface area contributed by atoms with Gasteiger partial charge in [-0.05, 0) is 30.3 Å². The average molecular weight is 297 g/mol. The van der Waals surface area contributed by atoms with Gasteiger partial charge in [0.15, 0.2) is 0 Å². The zero-order valence-electron chi connectivity index (χ0n) is 9.28. The van der Waals surface area contributed by atoms with E-state index >= 15 is 0 Å². The maximum absolute atomic E-state index is 6.10. The molecule has 18 heavy (non-hydrogen) atoms. The Morgan fingerprint density at radius 3 is 2.44 bits per heavy atom. The first kappa shape index (κ1) is 13.1. The summed E-state index contributed by atoms with van der Waals surface area (Å²) in [6, 6.07) is 12.8. The molecule has 0 amide bonds. The monoisotopic (exact) mass is 296 g/mol. The first-order valence-corrected chi connectivity index (χ1v) is 6.35. The van der Waals surface area contributed by atoms with Crippen molar-refractivity contribution in [3.63, 3.8) is 0 Å². The van der Waals surface area contributed by atoms with Crippen LogP contribution in [0, 0.1) is 0 Å². The van der Waals surface area contributed by atoms with Gasteiger partial charge in [-0.2, -0.15) is 0 Å². The molecule has 0 aliphatic heterocycles. The molecule has 0 aromatic heterocycles. The molecule has 5 heteroatoms. The summed E-state index contributed by atoms with van der Waals surface area (Å²) < 4.78 is 0. The van der Waals surface area contributed by atoms with Gasteiger partial charge >= 0.3 is 0 Å². The van der Waals surface area contributed by atoms with E-state index in [9.17, 15) is 0 Å². The van der Waals surface area contributed by atoms with Crippen LogP contribution in [0.25, 0.3) is 0 Å². The van der Waals surface area contributed by atoms with Crippen molar-refractivity contribution in [3.8, 4) is 0 Å². The highest BCUT2D eigenvalue weighted by Crippen LogP contribution is 2.29. The smallest absolute Gasteiger partial charge is 0.106 e. The Bertz CT molecular complexity index is 599. The van der Waals surface area contributed by atoms with Crippen LogP contribution in [0.4, 0.5) is 11.4 Å². The molecule has 0 bridgehead atoms. The van der Waals surface area contributed by atoms with Crippen LogP contribution in [0.1, 0.15) is 5.56 Å². The Kier molecular flexibility index (Phi) is 4.07. The second kappa shape index (κ2) is 5.57. The van der Waals surface area contributed by atoms with Crippen LogP contribution in [-0.2, 0) is 0 Å². The molecular weight excluding hydrogens is 287 g/mol. The van der Waals surface area contributed by atoms with Gasteiger partial charge in [0.25, 0.3) is 0 Å². The van der Waals surface area contributed by atoms with Crippen molar-refractivity contribution < 1.29 is 0 Å². The first-order chi connectivity index (χ1) is 8.58. The first-order valence-electron chi connectivity index (χ1n) is 5.19. The zero-order chi connectivity index (χ0) is 13.1. The molecule has 0 aliphatic rings. The number of nitrogens with one attached hydrogen (secondary N) is 1. The van der Waals surface area contributed by atoms with Gasteiger partial charge in [-0.3, -0.25) is 0 Å². The summed E-state index contributed by atoms with van der Waals surface area (Å²) in [5.74, 6) is 0. The van der Waals surface area contributed by atoms with E-state index in [-0.39, 0.29) is 0 Å². The highest BCUT2D eigenvalue weighted by atomic mass is 35.5. The van der Waals surface area contributed by atoms with Crippen LogP contribution in [0.15, 0.2) is 42.5 Å². The number of anilines is 2. The normalized spacial score (nSPS) is 10.1. The van der Waals surface area contributed by atoms with Crippen molar-refractivity contribution in [1.82, 2.24) is 0 Å². The molecule has 0 fully saturated rings. The molecule has 0 aliphatic carbocycles. The van der Waals surface area contributed by atoms with Gasteiger partial charge in [-0.25, -0.2) is 0 Å². The Morgan fingerprint density at radius 1 is 1.06 bits per heavy atom. The van der Waals surface area contributed by atoms with Crippen molar-refractivity contribution in [2.24, 2.45) is 5.73 Å². The number of para-hydroxylation sites is 1. The van der Waals surface area contributed by atoms with Crippen LogP contribution in [0.2, 0.25) is 10.0 Å². The highest BCUT2D eigenvalue weighted by Gasteiger charge is 2.06. The molecule has 0 unspecified atom stereocenters. The number of nitrogens with two attached hydrogens (primary N) is 1. The van der Waals surface area contributed by atoms with E-state index in [1.165, 1.54) is 0 Å². The predicted molar refractivity (Wildman–Crippen MR) is 82.1 cm³/mol. The average Bonchev–Trinajstić information content (AvgIpc) is 2.33. The molecule has 0 atom stereocenters. The molecule has 2 rings (SSSR count). The van der Waals surface area contributed by atoms with E-state index in [2.05, 4.69) is 5.32 Å². The predicted octanol–water partition coefficient (Wildman–Crippen LogP) is 4.37. The SMILES string of the molecule is NC(=S)c1ccccc1Nc1ccc(Cl)cc1Cl. The zero-order valence-corrected chi connectivity index (χ0v) is 11.6. The van der Waals surface area contributed by atoms with Gasteiger partial charge in [0.05, 0.1) is 10.7 Å². The molecule has 2 aromatic rings. The van der Waals surface area contributed by atoms with E-state index in [1.54, 1.807) is 18.2 Å². The second-order valence-corrected chi connectivity index (χ2v) is 4.94. The van der Waals surface area contributed by atoms with Gasteiger partial charge in [0.2, 0.25) is 0 Å². The van der Waals surface area contributed by atoms with Crippen molar-refractivity contribution >= 4 is 51.8 Å². The minimum Gasteiger partial charge on any atom is -0.389 e. The van der Waals surface area contributed by atoms with Gasteiger partial charge < -0.3 is 11.1 Å². The third-order valence-corrected chi connectivity index (χ3v) is 3.16. The van der Waals surface area contributed by atoms with Crippen LogP contribution in [0.5, 0.6) is 0 Å². The van der Waals surface area contributed by atoms with Crippen LogP contribution < -0.4 is 11.1 Å². The number of hydrogen-bond acceptors (Lipinski definition) is 2. The summed E-state index contributed by atoms with van der Waals surface area (Å²) in [6.45, 7) is 0. The lowest BCUT2D eigenvalue weighted by molar-refractivity contribution is 1.52. The number of rotatable bonds is 3. The molecule has 0 radical (unpaired) electrons. The lowest BCUT2D eigenvalue weighted by Gasteiger charge is -2.12. The largest absolute Gasteiger partial charge is 0.389 e. The van der Waals surface area contributed by atoms with Crippen LogP contribution in [0.3, 0.4) is 0 Å². The van der Waals surface area contributed by atoms with Crippen molar-refractivity contribution in [2.45, 2.75) is 0 Å². The summed E-state index contributed by atoms with van der Waals surface area (Å²) in [7, 11) is 0. The van der Waals surface area contributed by atoms with Crippen molar-refractivity contribution in [2.75, 3.05) is 5.32 Å². The topological polar surface area (TPSA) is 38.0 Å². The van der Waals surface area contributed by atoms with E-state index in [0.29, 0.717) is 15.0 Å². The number of thiocarbonyl (C=S) groups is 1. The maximum Gasteiger partial charge on any atom is 0.106 e. The summed E-state index contributed by atoms with van der Waals surface area (Å²) in [5.41, 5.74) is 8.01.